The number of hydrogen-bond acceptors (Lipinski definition) is 4. The molecule has 0 aliphatic carbocycles. The molecule has 0 unspecified atom stereocenters. The molecule has 0 amide bonds. The molecule has 0 aromatic rings. The maximum Gasteiger partial charge on any atom is 0.373 e. The van der Waals surface area contributed by atoms with Gasteiger partial charge in [0.15, 0.2) is 5.31 Å². The van der Waals surface area contributed by atoms with E-state index in [9.17, 15) is 13.3 Å². The molecule has 0 aliphatic heterocycles. The molecule has 0 fully saturated rings. The first-order valence-electron chi connectivity index (χ1n) is 4.49. The number of nitriles is 1. The van der Waals surface area contributed by atoms with Crippen molar-refractivity contribution < 1.29 is 22.4 Å². The third-order valence-electron chi connectivity index (χ3n) is 1.43. The van der Waals surface area contributed by atoms with Crippen LogP contribution in [0.2, 0.25) is 0 Å². The molecule has 0 aliphatic rings. The minimum Gasteiger partial charge on any atom is -0.305 e. The van der Waals surface area contributed by atoms with Crippen LogP contribution in [0, 0.1) is 11.3 Å². The molecular weight excluding hydrogens is 298 g/mol. The Hall–Kier alpha value is -0.180. The summed E-state index contributed by atoms with van der Waals surface area (Å²) in [7, 11) is -4.16. The molecule has 0 saturated heterocycles. The van der Waals surface area contributed by atoms with E-state index < -0.39 is 23.3 Å². The quantitative estimate of drug-likeness (QED) is 0.422. The summed E-state index contributed by atoms with van der Waals surface area (Å²) in [6, 6.07) is 1.29. The van der Waals surface area contributed by atoms with Gasteiger partial charge in [-0.2, -0.15) is 14.0 Å². The van der Waals surface area contributed by atoms with Crippen LogP contribution in [0.25, 0.3) is 0 Å². The van der Waals surface area contributed by atoms with Gasteiger partial charge in [-0.15, -0.1) is 0 Å². The zero-order valence-electron chi connectivity index (χ0n) is 9.05. The normalized spacial score (nSPS) is 14.2. The molecule has 0 N–H and O–H groups in total. The number of hydrogen-bond donors (Lipinski definition) is 0. The van der Waals surface area contributed by atoms with Crippen LogP contribution in [0.3, 0.4) is 0 Å². The summed E-state index contributed by atoms with van der Waals surface area (Å²) in [6.07, 6.45) is 0. The summed E-state index contributed by atoms with van der Waals surface area (Å²) in [6.45, 7) is 2.74. The predicted molar refractivity (Wildman–Crippen MR) is 60.2 cm³/mol. The molecule has 0 aromatic carbocycles. The predicted octanol–water partition coefficient (Wildman–Crippen LogP) is 4.06. The first-order chi connectivity index (χ1) is 7.72. The van der Waals surface area contributed by atoms with Gasteiger partial charge in [0.25, 0.3) is 0 Å². The molecule has 4 nitrogen and oxygen atoms in total. The first kappa shape index (κ1) is 16.8. The molecule has 9 heteroatoms. The second-order valence-corrected chi connectivity index (χ2v) is 5.42. The van der Waals surface area contributed by atoms with Gasteiger partial charge >= 0.3 is 13.0 Å². The van der Waals surface area contributed by atoms with Gasteiger partial charge in [-0.1, -0.05) is 11.6 Å². The molecule has 0 spiro atoms. The van der Waals surface area contributed by atoms with Crippen LogP contribution in [-0.2, 0) is 13.6 Å². The van der Waals surface area contributed by atoms with E-state index in [4.69, 9.17) is 25.9 Å². The minimum absolute atomic E-state index is 0.0967. The topological polar surface area (TPSA) is 59.3 Å². The molecule has 98 valence electrons. The van der Waals surface area contributed by atoms with Gasteiger partial charge in [-0.05, 0) is 25.4 Å². The number of halogens is 4. The number of alkyl halides is 3. The van der Waals surface area contributed by atoms with E-state index in [1.165, 1.54) is 19.9 Å². The molecular formula is C8H10Cl2F2NO3P. The lowest BCUT2D eigenvalue weighted by atomic mass is 10.5. The van der Waals surface area contributed by atoms with Crippen molar-refractivity contribution in [2.75, 3.05) is 13.2 Å². The third kappa shape index (κ3) is 4.53. The highest BCUT2D eigenvalue weighted by atomic mass is 35.5. The van der Waals surface area contributed by atoms with Gasteiger partial charge in [-0.3, -0.25) is 4.57 Å². The maximum atomic E-state index is 12.8. The smallest absolute Gasteiger partial charge is 0.305 e. The van der Waals surface area contributed by atoms with E-state index in [1.807, 2.05) is 0 Å². The summed E-state index contributed by atoms with van der Waals surface area (Å²) < 4.78 is 47.0. The highest BCUT2D eigenvalue weighted by Gasteiger charge is 2.41. The second-order valence-electron chi connectivity index (χ2n) is 2.61. The molecule has 0 heterocycles. The summed E-state index contributed by atoms with van der Waals surface area (Å²) in [4.78, 5) is 0. The van der Waals surface area contributed by atoms with Crippen LogP contribution in [0.15, 0.2) is 10.3 Å². The summed E-state index contributed by atoms with van der Waals surface area (Å²) in [5.74, 6) is 0. The molecule has 0 aromatic heterocycles. The molecule has 0 radical (unpaired) electrons. The van der Waals surface area contributed by atoms with E-state index in [0.29, 0.717) is 0 Å². The average molecular weight is 308 g/mol. The van der Waals surface area contributed by atoms with Crippen LogP contribution in [0.4, 0.5) is 8.78 Å². The van der Waals surface area contributed by atoms with Crippen molar-refractivity contribution in [1.82, 2.24) is 0 Å². The van der Waals surface area contributed by atoms with Crippen molar-refractivity contribution in [3.05, 3.63) is 10.3 Å². The van der Waals surface area contributed by atoms with Gasteiger partial charge in [0, 0.05) is 0 Å². The van der Waals surface area contributed by atoms with Crippen LogP contribution < -0.4 is 0 Å². The van der Waals surface area contributed by atoms with E-state index in [-0.39, 0.29) is 13.2 Å². The molecule has 0 saturated carbocycles. The van der Waals surface area contributed by atoms with Crippen LogP contribution in [0.1, 0.15) is 13.8 Å². The van der Waals surface area contributed by atoms with Crippen molar-refractivity contribution in [2.24, 2.45) is 0 Å². The highest BCUT2D eigenvalue weighted by molar-refractivity contribution is 7.59. The number of rotatable bonds is 6. The summed E-state index contributed by atoms with van der Waals surface area (Å²) in [5.41, 5.74) is 0. The third-order valence-corrected chi connectivity index (χ3v) is 4.35. The Kier molecular flexibility index (Phi) is 6.60. The largest absolute Gasteiger partial charge is 0.373 e. The fourth-order valence-electron chi connectivity index (χ4n) is 0.871. The van der Waals surface area contributed by atoms with Crippen LogP contribution in [0.5, 0.6) is 0 Å². The van der Waals surface area contributed by atoms with E-state index in [0.717, 1.165) is 0 Å². The molecule has 0 rings (SSSR count). The minimum atomic E-state index is -4.16. The van der Waals surface area contributed by atoms with E-state index in [2.05, 4.69) is 11.6 Å². The Bertz CT molecular complexity index is 379. The second kappa shape index (κ2) is 6.67. The molecule has 17 heavy (non-hydrogen) atoms. The number of allylic oxidation sites excluding steroid dienone is 2. The van der Waals surface area contributed by atoms with Gasteiger partial charge in [0.2, 0.25) is 0 Å². The van der Waals surface area contributed by atoms with Gasteiger partial charge in [0.05, 0.1) is 13.2 Å². The Balaban J connectivity index is 5.65. The first-order valence-corrected chi connectivity index (χ1v) is 6.79. The Morgan fingerprint density at radius 2 is 1.82 bits per heavy atom. The maximum absolute atomic E-state index is 12.8. The van der Waals surface area contributed by atoms with Crippen molar-refractivity contribution >= 4 is 30.8 Å². The molecule has 0 atom stereocenters. The standard InChI is InChI=1S/C8H10Cl2F2NO3P/c1-3-15-17(14,16-4-2)6(5-13)7(9)8(10,11)12/h3-4H2,1-2H3/b7-6+. The Morgan fingerprint density at radius 3 is 2.06 bits per heavy atom. The lowest BCUT2D eigenvalue weighted by Gasteiger charge is -2.18. The lowest BCUT2D eigenvalue weighted by Crippen LogP contribution is -2.10. The zero-order chi connectivity index (χ0) is 13.7. The van der Waals surface area contributed by atoms with Gasteiger partial charge in [0.1, 0.15) is 11.1 Å². The van der Waals surface area contributed by atoms with Crippen molar-refractivity contribution in [3.8, 4) is 6.07 Å². The van der Waals surface area contributed by atoms with Crippen molar-refractivity contribution in [2.45, 2.75) is 19.2 Å². The van der Waals surface area contributed by atoms with Gasteiger partial charge < -0.3 is 9.05 Å². The summed E-state index contributed by atoms with van der Waals surface area (Å²) in [5, 5.41) is 2.39. The van der Waals surface area contributed by atoms with E-state index in [1.54, 1.807) is 0 Å². The van der Waals surface area contributed by atoms with Crippen molar-refractivity contribution in [1.29, 1.82) is 5.26 Å². The van der Waals surface area contributed by atoms with Crippen molar-refractivity contribution in [3.63, 3.8) is 0 Å². The fourth-order valence-corrected chi connectivity index (χ4v) is 2.90. The van der Waals surface area contributed by atoms with E-state index >= 15 is 0 Å². The molecule has 0 bridgehead atoms. The van der Waals surface area contributed by atoms with Crippen LogP contribution in [-0.4, -0.2) is 18.6 Å². The monoisotopic (exact) mass is 307 g/mol. The Morgan fingerprint density at radius 1 is 1.41 bits per heavy atom. The lowest BCUT2D eigenvalue weighted by molar-refractivity contribution is 0.146. The fraction of sp³-hybridized carbons (Fsp3) is 0.625. The zero-order valence-corrected chi connectivity index (χ0v) is 11.5. The SMILES string of the molecule is CCOP(=O)(OCC)/C(C#N)=C(/Cl)C(F)(F)Cl. The van der Waals surface area contributed by atoms with Gasteiger partial charge in [-0.25, -0.2) is 0 Å². The average Bonchev–Trinajstić information content (AvgIpc) is 2.17. The highest BCUT2D eigenvalue weighted by Crippen LogP contribution is 2.59. The number of nitrogens with zero attached hydrogens (tertiary/aromatic N) is 1. The van der Waals surface area contributed by atoms with Crippen LogP contribution >= 0.6 is 30.8 Å². The summed E-state index contributed by atoms with van der Waals surface area (Å²) >= 11 is 9.88. The Labute approximate surface area is 108 Å².